The second-order valence-electron chi connectivity index (χ2n) is 9.48. The molecule has 2 atom stereocenters. The molecule has 0 saturated carbocycles. The molecule has 4 rings (SSSR count). The number of benzene rings is 2. The lowest BCUT2D eigenvalue weighted by molar-refractivity contribution is -0.127. The maximum Gasteiger partial charge on any atom is 0.255 e. The minimum absolute atomic E-state index is 0.0646. The standard InChI is InChI=1S/C26H32N4O2/c1-16(2)14-22(30-15-18-10-6-7-11-19(18)26(30)32)25(31)28-23(17(3)4)24-27-20-12-8-9-13-21(20)29(24)5/h6-13,16-17,22-23H,14-15H2,1-5H3,(H,28,31). The van der Waals surface area contributed by atoms with Gasteiger partial charge in [-0.3, -0.25) is 9.59 Å². The smallest absolute Gasteiger partial charge is 0.255 e. The van der Waals surface area contributed by atoms with Crippen molar-refractivity contribution in [3.8, 4) is 0 Å². The van der Waals surface area contributed by atoms with Gasteiger partial charge in [-0.15, -0.1) is 0 Å². The third kappa shape index (κ3) is 4.01. The van der Waals surface area contributed by atoms with E-state index in [-0.39, 0.29) is 29.7 Å². The molecular weight excluding hydrogens is 400 g/mol. The molecule has 32 heavy (non-hydrogen) atoms. The van der Waals surface area contributed by atoms with Crippen molar-refractivity contribution >= 4 is 22.8 Å². The lowest BCUT2D eigenvalue weighted by Gasteiger charge is -2.31. The van der Waals surface area contributed by atoms with Gasteiger partial charge < -0.3 is 14.8 Å². The Morgan fingerprint density at radius 1 is 1.06 bits per heavy atom. The first-order valence-electron chi connectivity index (χ1n) is 11.4. The highest BCUT2D eigenvalue weighted by Gasteiger charge is 2.38. The fourth-order valence-corrected chi connectivity index (χ4v) is 4.57. The predicted octanol–water partition coefficient (Wildman–Crippen LogP) is 4.46. The van der Waals surface area contributed by atoms with E-state index in [1.165, 1.54) is 0 Å². The maximum absolute atomic E-state index is 13.6. The molecule has 2 unspecified atom stereocenters. The van der Waals surface area contributed by atoms with Crippen molar-refractivity contribution in [3.05, 3.63) is 65.5 Å². The van der Waals surface area contributed by atoms with E-state index >= 15 is 0 Å². The molecule has 0 spiro atoms. The molecule has 0 saturated heterocycles. The van der Waals surface area contributed by atoms with Crippen molar-refractivity contribution in [1.82, 2.24) is 19.8 Å². The Hall–Kier alpha value is -3.15. The zero-order valence-electron chi connectivity index (χ0n) is 19.5. The summed E-state index contributed by atoms with van der Waals surface area (Å²) in [6.45, 7) is 8.80. The van der Waals surface area contributed by atoms with Gasteiger partial charge in [0.1, 0.15) is 11.9 Å². The Kier molecular flexibility index (Phi) is 6.04. The van der Waals surface area contributed by atoms with E-state index in [2.05, 4.69) is 37.6 Å². The number of hydrogen-bond donors (Lipinski definition) is 1. The highest BCUT2D eigenvalue weighted by molar-refractivity contribution is 6.01. The van der Waals surface area contributed by atoms with Crippen LogP contribution in [0.3, 0.4) is 0 Å². The average Bonchev–Trinajstić information content (AvgIpc) is 3.27. The molecule has 0 fully saturated rings. The summed E-state index contributed by atoms with van der Waals surface area (Å²) in [5, 5.41) is 3.25. The number of para-hydroxylation sites is 2. The number of carbonyl (C=O) groups is 2. The normalized spacial score (nSPS) is 15.5. The molecule has 168 valence electrons. The molecular formula is C26H32N4O2. The third-order valence-corrected chi connectivity index (χ3v) is 6.29. The number of carbonyl (C=O) groups excluding carboxylic acids is 2. The summed E-state index contributed by atoms with van der Waals surface area (Å²) < 4.78 is 2.05. The average molecular weight is 433 g/mol. The van der Waals surface area contributed by atoms with Crippen LogP contribution < -0.4 is 5.32 Å². The van der Waals surface area contributed by atoms with Gasteiger partial charge in [0, 0.05) is 19.2 Å². The summed E-state index contributed by atoms with van der Waals surface area (Å²) in [7, 11) is 1.98. The van der Waals surface area contributed by atoms with Gasteiger partial charge >= 0.3 is 0 Å². The minimum Gasteiger partial charge on any atom is -0.344 e. The SMILES string of the molecule is CC(C)CC(C(=O)NC(c1nc2ccccc2n1C)C(C)C)N1Cc2ccccc2C1=O. The van der Waals surface area contributed by atoms with E-state index in [0.717, 1.165) is 22.4 Å². The van der Waals surface area contributed by atoms with E-state index in [0.29, 0.717) is 18.5 Å². The van der Waals surface area contributed by atoms with Crippen LogP contribution in [0.25, 0.3) is 11.0 Å². The number of nitrogens with one attached hydrogen (secondary N) is 1. The van der Waals surface area contributed by atoms with Crippen LogP contribution in [0.2, 0.25) is 0 Å². The van der Waals surface area contributed by atoms with E-state index in [4.69, 9.17) is 4.98 Å². The number of rotatable bonds is 7. The quantitative estimate of drug-likeness (QED) is 0.599. The van der Waals surface area contributed by atoms with E-state index < -0.39 is 6.04 Å². The molecule has 1 N–H and O–H groups in total. The second-order valence-corrected chi connectivity index (χ2v) is 9.48. The fraction of sp³-hybridized carbons (Fsp3) is 0.423. The topological polar surface area (TPSA) is 67.2 Å². The van der Waals surface area contributed by atoms with Gasteiger partial charge in [-0.05, 0) is 42.0 Å². The molecule has 2 aromatic carbocycles. The molecule has 3 aromatic rings. The van der Waals surface area contributed by atoms with E-state index in [1.807, 2.05) is 55.6 Å². The zero-order chi connectivity index (χ0) is 23.0. The van der Waals surface area contributed by atoms with Crippen molar-refractivity contribution in [2.45, 2.75) is 52.7 Å². The summed E-state index contributed by atoms with van der Waals surface area (Å²) in [5.74, 6) is 1.06. The largest absolute Gasteiger partial charge is 0.344 e. The van der Waals surface area contributed by atoms with Crippen LogP contribution in [0.1, 0.15) is 61.9 Å². The Bertz CT molecular complexity index is 1150. The van der Waals surface area contributed by atoms with Gasteiger partial charge in [-0.1, -0.05) is 58.0 Å². The molecule has 1 aliphatic heterocycles. The second kappa shape index (κ2) is 8.77. The first-order chi connectivity index (χ1) is 15.3. The van der Waals surface area contributed by atoms with Crippen molar-refractivity contribution in [2.24, 2.45) is 18.9 Å². The third-order valence-electron chi connectivity index (χ3n) is 6.29. The molecule has 2 amide bonds. The van der Waals surface area contributed by atoms with Gasteiger partial charge in [-0.25, -0.2) is 4.98 Å². The van der Waals surface area contributed by atoms with Gasteiger partial charge in [-0.2, -0.15) is 0 Å². The first-order valence-corrected chi connectivity index (χ1v) is 11.4. The molecule has 0 bridgehead atoms. The number of aryl methyl sites for hydroxylation is 1. The van der Waals surface area contributed by atoms with Gasteiger partial charge in [0.15, 0.2) is 0 Å². The Balaban J connectivity index is 1.63. The van der Waals surface area contributed by atoms with Gasteiger partial charge in [0.25, 0.3) is 5.91 Å². The van der Waals surface area contributed by atoms with E-state index in [9.17, 15) is 9.59 Å². The summed E-state index contributed by atoms with van der Waals surface area (Å²) in [4.78, 5) is 33.3. The van der Waals surface area contributed by atoms with Crippen molar-refractivity contribution < 1.29 is 9.59 Å². The molecule has 2 heterocycles. The highest BCUT2D eigenvalue weighted by Crippen LogP contribution is 2.29. The first kappa shape index (κ1) is 22.1. The molecule has 6 nitrogen and oxygen atoms in total. The summed E-state index contributed by atoms with van der Waals surface area (Å²) in [6.07, 6.45) is 0.610. The van der Waals surface area contributed by atoms with Crippen molar-refractivity contribution in [3.63, 3.8) is 0 Å². The number of nitrogens with zero attached hydrogens (tertiary/aromatic N) is 3. The highest BCUT2D eigenvalue weighted by atomic mass is 16.2. The van der Waals surface area contributed by atoms with Gasteiger partial charge in [0.2, 0.25) is 5.91 Å². The van der Waals surface area contributed by atoms with Crippen LogP contribution >= 0.6 is 0 Å². The number of amides is 2. The lowest BCUT2D eigenvalue weighted by atomic mass is 9.99. The number of hydrogen-bond acceptors (Lipinski definition) is 3. The van der Waals surface area contributed by atoms with Crippen molar-refractivity contribution in [2.75, 3.05) is 0 Å². The van der Waals surface area contributed by atoms with Crippen LogP contribution in [0.5, 0.6) is 0 Å². The Labute approximate surface area is 189 Å². The monoisotopic (exact) mass is 432 g/mol. The summed E-state index contributed by atoms with van der Waals surface area (Å²) in [6, 6.07) is 14.8. The molecule has 6 heteroatoms. The summed E-state index contributed by atoms with van der Waals surface area (Å²) >= 11 is 0. The van der Waals surface area contributed by atoms with E-state index in [1.54, 1.807) is 4.90 Å². The fourth-order valence-electron chi connectivity index (χ4n) is 4.57. The molecule has 0 aliphatic carbocycles. The lowest BCUT2D eigenvalue weighted by Crippen LogP contribution is -2.49. The number of imidazole rings is 1. The number of aromatic nitrogens is 2. The molecule has 1 aromatic heterocycles. The van der Waals surface area contributed by atoms with Crippen LogP contribution in [0, 0.1) is 11.8 Å². The molecule has 0 radical (unpaired) electrons. The van der Waals surface area contributed by atoms with Gasteiger partial charge in [0.05, 0.1) is 17.1 Å². The summed E-state index contributed by atoms with van der Waals surface area (Å²) in [5.41, 5.74) is 3.62. The Morgan fingerprint density at radius 2 is 1.75 bits per heavy atom. The minimum atomic E-state index is -0.522. The van der Waals surface area contributed by atoms with Crippen LogP contribution in [-0.2, 0) is 18.4 Å². The number of fused-ring (bicyclic) bond motifs is 2. The predicted molar refractivity (Wildman–Crippen MR) is 126 cm³/mol. The van der Waals surface area contributed by atoms with Crippen molar-refractivity contribution in [1.29, 1.82) is 0 Å². The zero-order valence-corrected chi connectivity index (χ0v) is 19.5. The molecule has 1 aliphatic rings. The maximum atomic E-state index is 13.6. The Morgan fingerprint density at radius 3 is 2.41 bits per heavy atom. The van der Waals surface area contributed by atoms with Crippen LogP contribution in [0.4, 0.5) is 0 Å². The van der Waals surface area contributed by atoms with Crippen LogP contribution in [-0.4, -0.2) is 32.3 Å². The van der Waals surface area contributed by atoms with Crippen LogP contribution in [0.15, 0.2) is 48.5 Å².